The number of anilines is 1. The summed E-state index contributed by atoms with van der Waals surface area (Å²) in [4.78, 5) is 12.6. The number of methoxy groups -OCH3 is 5. The van der Waals surface area contributed by atoms with E-state index in [1.54, 1.807) is 44.6 Å². The van der Waals surface area contributed by atoms with Crippen molar-refractivity contribution in [2.24, 2.45) is 0 Å². The minimum atomic E-state index is -0.338. The summed E-state index contributed by atoms with van der Waals surface area (Å²) in [5.74, 6) is 2.02. The molecule has 0 bridgehead atoms. The lowest BCUT2D eigenvalue weighted by Gasteiger charge is -2.14. The molecular formula is C18H21NO6. The van der Waals surface area contributed by atoms with E-state index in [4.69, 9.17) is 23.7 Å². The average Bonchev–Trinajstić information content (AvgIpc) is 2.65. The Morgan fingerprint density at radius 3 is 1.64 bits per heavy atom. The number of amides is 1. The Labute approximate surface area is 146 Å². The van der Waals surface area contributed by atoms with Crippen LogP contribution in [-0.2, 0) is 0 Å². The smallest absolute Gasteiger partial charge is 0.255 e. The molecule has 0 unspecified atom stereocenters. The van der Waals surface area contributed by atoms with Crippen LogP contribution in [0.5, 0.6) is 28.7 Å². The van der Waals surface area contributed by atoms with Crippen LogP contribution in [0.15, 0.2) is 30.3 Å². The average molecular weight is 347 g/mol. The van der Waals surface area contributed by atoms with Gasteiger partial charge in [-0.25, -0.2) is 0 Å². The molecule has 0 aromatic heterocycles. The van der Waals surface area contributed by atoms with Crippen molar-refractivity contribution in [2.75, 3.05) is 40.9 Å². The molecule has 0 aliphatic heterocycles. The van der Waals surface area contributed by atoms with Gasteiger partial charge in [0.2, 0.25) is 5.75 Å². The maximum atomic E-state index is 12.6. The molecule has 0 atom stereocenters. The molecule has 0 radical (unpaired) electrons. The van der Waals surface area contributed by atoms with Crippen LogP contribution >= 0.6 is 0 Å². The Balaban J connectivity index is 2.35. The highest BCUT2D eigenvalue weighted by Crippen LogP contribution is 2.38. The number of carbonyl (C=O) groups is 1. The summed E-state index contributed by atoms with van der Waals surface area (Å²) >= 11 is 0. The predicted molar refractivity (Wildman–Crippen MR) is 93.6 cm³/mol. The van der Waals surface area contributed by atoms with Gasteiger partial charge in [-0.3, -0.25) is 4.79 Å². The van der Waals surface area contributed by atoms with Crippen LogP contribution in [0.2, 0.25) is 0 Å². The van der Waals surface area contributed by atoms with Crippen molar-refractivity contribution in [3.8, 4) is 28.7 Å². The molecule has 0 fully saturated rings. The zero-order valence-electron chi connectivity index (χ0n) is 14.8. The second-order valence-corrected chi connectivity index (χ2v) is 4.97. The van der Waals surface area contributed by atoms with Crippen LogP contribution < -0.4 is 29.0 Å². The van der Waals surface area contributed by atoms with Crippen LogP contribution in [0.25, 0.3) is 0 Å². The van der Waals surface area contributed by atoms with Gasteiger partial charge >= 0.3 is 0 Å². The van der Waals surface area contributed by atoms with Crippen LogP contribution in [-0.4, -0.2) is 41.5 Å². The highest BCUT2D eigenvalue weighted by atomic mass is 16.5. The molecule has 7 nitrogen and oxygen atoms in total. The highest BCUT2D eigenvalue weighted by molar-refractivity contribution is 6.05. The van der Waals surface area contributed by atoms with Gasteiger partial charge in [-0.2, -0.15) is 0 Å². The third-order valence-electron chi connectivity index (χ3n) is 3.54. The monoisotopic (exact) mass is 347 g/mol. The SMILES string of the molecule is COc1cc(NC(=O)c2cc(OC)c(OC)c(OC)c2)cc(OC)c1. The Hall–Kier alpha value is -3.09. The Morgan fingerprint density at radius 1 is 0.720 bits per heavy atom. The van der Waals surface area contributed by atoms with Gasteiger partial charge in [0.15, 0.2) is 11.5 Å². The molecule has 0 aliphatic rings. The van der Waals surface area contributed by atoms with Crippen molar-refractivity contribution >= 4 is 11.6 Å². The molecule has 0 saturated heterocycles. The van der Waals surface area contributed by atoms with Gasteiger partial charge in [0.05, 0.1) is 35.5 Å². The first-order chi connectivity index (χ1) is 12.1. The summed E-state index contributed by atoms with van der Waals surface area (Å²) < 4.78 is 26.2. The Bertz CT molecular complexity index is 712. The maximum absolute atomic E-state index is 12.6. The van der Waals surface area contributed by atoms with Crippen molar-refractivity contribution in [3.63, 3.8) is 0 Å². The predicted octanol–water partition coefficient (Wildman–Crippen LogP) is 2.98. The van der Waals surface area contributed by atoms with Crippen molar-refractivity contribution in [2.45, 2.75) is 0 Å². The van der Waals surface area contributed by atoms with E-state index in [-0.39, 0.29) is 5.91 Å². The first kappa shape index (κ1) is 18.3. The van der Waals surface area contributed by atoms with Crippen molar-refractivity contribution in [3.05, 3.63) is 35.9 Å². The molecule has 0 saturated carbocycles. The first-order valence-electron chi connectivity index (χ1n) is 7.40. The van der Waals surface area contributed by atoms with E-state index < -0.39 is 0 Å². The summed E-state index contributed by atoms with van der Waals surface area (Å²) in [6.07, 6.45) is 0. The van der Waals surface area contributed by atoms with Gasteiger partial charge in [0, 0.05) is 29.4 Å². The molecule has 7 heteroatoms. The van der Waals surface area contributed by atoms with Gasteiger partial charge in [0.1, 0.15) is 11.5 Å². The van der Waals surface area contributed by atoms with Crippen LogP contribution in [0.1, 0.15) is 10.4 Å². The quantitative estimate of drug-likeness (QED) is 0.830. The molecule has 25 heavy (non-hydrogen) atoms. The number of hydrogen-bond acceptors (Lipinski definition) is 6. The summed E-state index contributed by atoms with van der Waals surface area (Å²) in [6.45, 7) is 0. The largest absolute Gasteiger partial charge is 0.497 e. The lowest BCUT2D eigenvalue weighted by atomic mass is 10.1. The fourth-order valence-corrected chi connectivity index (χ4v) is 2.30. The summed E-state index contributed by atoms with van der Waals surface area (Å²) in [5, 5.41) is 2.80. The molecule has 2 rings (SSSR count). The fourth-order valence-electron chi connectivity index (χ4n) is 2.30. The van der Waals surface area contributed by atoms with Crippen LogP contribution in [0.3, 0.4) is 0 Å². The zero-order chi connectivity index (χ0) is 18.4. The number of carbonyl (C=O) groups excluding carboxylic acids is 1. The maximum Gasteiger partial charge on any atom is 0.255 e. The highest BCUT2D eigenvalue weighted by Gasteiger charge is 2.17. The van der Waals surface area contributed by atoms with E-state index in [0.717, 1.165) is 0 Å². The van der Waals surface area contributed by atoms with E-state index in [0.29, 0.717) is 40.0 Å². The molecular weight excluding hydrogens is 326 g/mol. The minimum absolute atomic E-state index is 0.338. The third-order valence-corrected chi connectivity index (χ3v) is 3.54. The standard InChI is InChI=1S/C18H21NO6/c1-21-13-8-12(9-14(10-13)22-2)19-18(20)11-6-15(23-3)17(25-5)16(7-11)24-4/h6-10H,1-5H3,(H,19,20). The number of nitrogens with one attached hydrogen (secondary N) is 1. The lowest BCUT2D eigenvalue weighted by Crippen LogP contribution is -2.13. The summed E-state index contributed by atoms with van der Waals surface area (Å²) in [7, 11) is 7.57. The normalized spacial score (nSPS) is 9.96. The molecule has 2 aromatic carbocycles. The molecule has 0 aliphatic carbocycles. The van der Waals surface area contributed by atoms with Gasteiger partial charge in [-0.1, -0.05) is 0 Å². The number of rotatable bonds is 7. The van der Waals surface area contributed by atoms with E-state index in [1.165, 1.54) is 21.3 Å². The van der Waals surface area contributed by atoms with Gasteiger partial charge < -0.3 is 29.0 Å². The zero-order valence-corrected chi connectivity index (χ0v) is 14.8. The van der Waals surface area contributed by atoms with Crippen LogP contribution in [0.4, 0.5) is 5.69 Å². The molecule has 2 aromatic rings. The first-order valence-corrected chi connectivity index (χ1v) is 7.40. The summed E-state index contributed by atoms with van der Waals surface area (Å²) in [5.41, 5.74) is 0.895. The van der Waals surface area contributed by atoms with E-state index in [2.05, 4.69) is 5.32 Å². The molecule has 0 spiro atoms. The fraction of sp³-hybridized carbons (Fsp3) is 0.278. The van der Waals surface area contributed by atoms with E-state index in [9.17, 15) is 4.79 Å². The summed E-state index contributed by atoms with van der Waals surface area (Å²) in [6, 6.07) is 8.26. The third kappa shape index (κ3) is 4.06. The van der Waals surface area contributed by atoms with E-state index in [1.807, 2.05) is 0 Å². The number of ether oxygens (including phenoxy) is 5. The lowest BCUT2D eigenvalue weighted by molar-refractivity contribution is 0.102. The van der Waals surface area contributed by atoms with E-state index >= 15 is 0 Å². The Morgan fingerprint density at radius 2 is 1.24 bits per heavy atom. The molecule has 0 heterocycles. The van der Waals surface area contributed by atoms with Gasteiger partial charge in [0.25, 0.3) is 5.91 Å². The second kappa shape index (κ2) is 8.14. The second-order valence-electron chi connectivity index (χ2n) is 4.97. The van der Waals surface area contributed by atoms with Gasteiger partial charge in [-0.05, 0) is 12.1 Å². The van der Waals surface area contributed by atoms with Crippen LogP contribution in [0, 0.1) is 0 Å². The molecule has 134 valence electrons. The Kier molecular flexibility index (Phi) is 5.94. The number of hydrogen-bond donors (Lipinski definition) is 1. The topological polar surface area (TPSA) is 75.3 Å². The van der Waals surface area contributed by atoms with Crippen molar-refractivity contribution in [1.82, 2.24) is 0 Å². The number of benzene rings is 2. The van der Waals surface area contributed by atoms with Gasteiger partial charge in [-0.15, -0.1) is 0 Å². The molecule has 1 N–H and O–H groups in total. The minimum Gasteiger partial charge on any atom is -0.497 e. The van der Waals surface area contributed by atoms with Crippen molar-refractivity contribution < 1.29 is 28.5 Å². The van der Waals surface area contributed by atoms with Crippen molar-refractivity contribution in [1.29, 1.82) is 0 Å². The molecule has 1 amide bonds.